The lowest BCUT2D eigenvalue weighted by Crippen LogP contribution is -2.10. The number of hydrogen-bond donors (Lipinski definition) is 2. The van der Waals surface area contributed by atoms with Gasteiger partial charge in [-0.2, -0.15) is 0 Å². The monoisotopic (exact) mass is 235 g/mol. The van der Waals surface area contributed by atoms with E-state index in [2.05, 4.69) is 37.5 Å². The van der Waals surface area contributed by atoms with Gasteiger partial charge in [-0.25, -0.2) is 15.6 Å². The van der Waals surface area contributed by atoms with E-state index < -0.39 is 7.67 Å². The molecule has 0 saturated heterocycles. The molecular formula is C9H22N3O2P. The first-order valence-corrected chi connectivity index (χ1v) is 6.88. The maximum atomic E-state index is 10.9. The van der Waals surface area contributed by atoms with Gasteiger partial charge in [0.2, 0.25) is 0 Å². The highest BCUT2D eigenvalue weighted by molar-refractivity contribution is 7.53. The molecule has 0 radical (unpaired) electrons. The van der Waals surface area contributed by atoms with E-state index in [1.54, 1.807) is 0 Å². The first kappa shape index (κ1) is 14.6. The predicted molar refractivity (Wildman–Crippen MR) is 63.4 cm³/mol. The SMILES string of the molecule is CC(C)CC(CC(C)C)=NOP(N)(N)=O. The molecule has 0 heterocycles. The van der Waals surface area contributed by atoms with E-state index in [1.807, 2.05) is 0 Å². The summed E-state index contributed by atoms with van der Waals surface area (Å²) in [7, 11) is -3.49. The van der Waals surface area contributed by atoms with Crippen LogP contribution in [0.15, 0.2) is 5.16 Å². The van der Waals surface area contributed by atoms with Crippen molar-refractivity contribution in [2.45, 2.75) is 40.5 Å². The Morgan fingerprint density at radius 1 is 1.20 bits per heavy atom. The van der Waals surface area contributed by atoms with Crippen molar-refractivity contribution in [1.82, 2.24) is 0 Å². The van der Waals surface area contributed by atoms with Crippen molar-refractivity contribution in [2.75, 3.05) is 0 Å². The smallest absolute Gasteiger partial charge is 0.312 e. The van der Waals surface area contributed by atoms with Crippen LogP contribution in [0.5, 0.6) is 0 Å². The minimum Gasteiger partial charge on any atom is -0.312 e. The Balaban J connectivity index is 4.41. The van der Waals surface area contributed by atoms with Crippen LogP contribution in [0.3, 0.4) is 0 Å². The molecule has 15 heavy (non-hydrogen) atoms. The molecule has 0 spiro atoms. The van der Waals surface area contributed by atoms with Crippen LogP contribution in [0, 0.1) is 11.8 Å². The summed E-state index contributed by atoms with van der Waals surface area (Å²) in [5.41, 5.74) is 11.0. The standard InChI is InChI=1S/C9H22N3O2P/c1-7(2)5-9(6-8(3)4)12-14-15(10,11)13/h7-8H,5-6H2,1-4H3,(H4,10,11,13). The highest BCUT2D eigenvalue weighted by Gasteiger charge is 2.11. The third-order valence-corrected chi connectivity index (χ3v) is 1.92. The van der Waals surface area contributed by atoms with Gasteiger partial charge in [0.05, 0.1) is 5.71 Å². The fraction of sp³-hybridized carbons (Fsp3) is 0.889. The van der Waals surface area contributed by atoms with Crippen LogP contribution in [0.2, 0.25) is 0 Å². The van der Waals surface area contributed by atoms with Crippen molar-refractivity contribution in [3.8, 4) is 0 Å². The summed E-state index contributed by atoms with van der Waals surface area (Å²) in [4.78, 5) is 0. The zero-order valence-electron chi connectivity index (χ0n) is 9.93. The minimum absolute atomic E-state index is 0.473. The topological polar surface area (TPSA) is 90.7 Å². The molecule has 0 aliphatic rings. The molecule has 90 valence electrons. The van der Waals surface area contributed by atoms with Crippen molar-refractivity contribution < 1.29 is 9.19 Å². The summed E-state index contributed by atoms with van der Waals surface area (Å²) >= 11 is 0. The van der Waals surface area contributed by atoms with E-state index in [0.717, 1.165) is 18.6 Å². The molecular weight excluding hydrogens is 213 g/mol. The molecule has 0 aromatic rings. The van der Waals surface area contributed by atoms with Gasteiger partial charge in [0.1, 0.15) is 0 Å². The van der Waals surface area contributed by atoms with Crippen LogP contribution < -0.4 is 11.0 Å². The molecule has 0 aromatic carbocycles. The van der Waals surface area contributed by atoms with Gasteiger partial charge in [0, 0.05) is 0 Å². The predicted octanol–water partition coefficient (Wildman–Crippen LogP) is 2.48. The summed E-state index contributed by atoms with van der Waals surface area (Å²) in [6.07, 6.45) is 1.61. The van der Waals surface area contributed by atoms with Crippen molar-refractivity contribution in [3.05, 3.63) is 0 Å². The maximum absolute atomic E-state index is 10.9. The summed E-state index contributed by atoms with van der Waals surface area (Å²) < 4.78 is 15.5. The molecule has 0 saturated carbocycles. The number of nitrogens with zero attached hydrogens (tertiary/aromatic N) is 1. The second kappa shape index (κ2) is 6.26. The molecule has 0 rings (SSSR count). The minimum atomic E-state index is -3.49. The van der Waals surface area contributed by atoms with E-state index in [4.69, 9.17) is 11.0 Å². The van der Waals surface area contributed by atoms with Gasteiger partial charge in [-0.1, -0.05) is 32.9 Å². The Hall–Kier alpha value is -0.380. The highest BCUT2D eigenvalue weighted by atomic mass is 31.2. The van der Waals surface area contributed by atoms with E-state index in [0.29, 0.717) is 11.8 Å². The van der Waals surface area contributed by atoms with Crippen molar-refractivity contribution in [1.29, 1.82) is 0 Å². The van der Waals surface area contributed by atoms with Crippen LogP contribution in [-0.2, 0) is 9.19 Å². The normalized spacial score (nSPS) is 12.0. The molecule has 5 nitrogen and oxygen atoms in total. The number of hydrogen-bond acceptors (Lipinski definition) is 3. The Morgan fingerprint density at radius 3 is 1.87 bits per heavy atom. The highest BCUT2D eigenvalue weighted by Crippen LogP contribution is 2.27. The van der Waals surface area contributed by atoms with Gasteiger partial charge in [-0.15, -0.1) is 0 Å². The fourth-order valence-electron chi connectivity index (χ4n) is 1.22. The van der Waals surface area contributed by atoms with Gasteiger partial charge in [0.15, 0.2) is 0 Å². The van der Waals surface area contributed by atoms with Crippen LogP contribution in [0.4, 0.5) is 0 Å². The number of rotatable bonds is 6. The summed E-state index contributed by atoms with van der Waals surface area (Å²) in [5, 5.41) is 3.78. The molecule has 0 bridgehead atoms. The molecule has 0 aliphatic carbocycles. The zero-order chi connectivity index (χ0) is 12.1. The van der Waals surface area contributed by atoms with Gasteiger partial charge in [0.25, 0.3) is 0 Å². The largest absolute Gasteiger partial charge is 0.405 e. The summed E-state index contributed by atoms with van der Waals surface area (Å²) in [6.45, 7) is 8.33. The van der Waals surface area contributed by atoms with Crippen LogP contribution in [0.25, 0.3) is 0 Å². The van der Waals surface area contributed by atoms with Crippen molar-refractivity contribution in [2.24, 2.45) is 28.0 Å². The van der Waals surface area contributed by atoms with Crippen LogP contribution >= 0.6 is 7.67 Å². The second-order valence-corrected chi connectivity index (χ2v) is 6.03. The Morgan fingerprint density at radius 2 is 1.60 bits per heavy atom. The lowest BCUT2D eigenvalue weighted by atomic mass is 9.99. The first-order chi connectivity index (χ1) is 6.70. The van der Waals surface area contributed by atoms with E-state index in [9.17, 15) is 4.57 Å². The van der Waals surface area contributed by atoms with Gasteiger partial charge in [-0.05, 0) is 24.7 Å². The molecule has 0 aromatic heterocycles. The van der Waals surface area contributed by atoms with E-state index >= 15 is 0 Å². The van der Waals surface area contributed by atoms with Crippen molar-refractivity contribution in [3.63, 3.8) is 0 Å². The Bertz CT molecular complexity index is 246. The average molecular weight is 235 g/mol. The number of nitrogens with two attached hydrogens (primary N) is 2. The summed E-state index contributed by atoms with van der Waals surface area (Å²) in [5.74, 6) is 0.946. The van der Waals surface area contributed by atoms with Crippen LogP contribution in [-0.4, -0.2) is 5.71 Å². The van der Waals surface area contributed by atoms with Crippen molar-refractivity contribution >= 4 is 13.4 Å². The second-order valence-electron chi connectivity index (χ2n) is 4.58. The summed E-state index contributed by atoms with van der Waals surface area (Å²) in [6, 6.07) is 0. The molecule has 0 amide bonds. The maximum Gasteiger partial charge on any atom is 0.405 e. The molecule has 0 fully saturated rings. The van der Waals surface area contributed by atoms with Crippen LogP contribution in [0.1, 0.15) is 40.5 Å². The lowest BCUT2D eigenvalue weighted by Gasteiger charge is -2.11. The Labute approximate surface area is 91.8 Å². The average Bonchev–Trinajstić information content (AvgIpc) is 1.96. The third kappa shape index (κ3) is 9.91. The number of oxime groups is 1. The van der Waals surface area contributed by atoms with Gasteiger partial charge >= 0.3 is 7.67 Å². The molecule has 0 atom stereocenters. The van der Waals surface area contributed by atoms with E-state index in [-0.39, 0.29) is 0 Å². The molecule has 0 aliphatic heterocycles. The fourth-order valence-corrected chi connectivity index (χ4v) is 1.46. The van der Waals surface area contributed by atoms with E-state index in [1.165, 1.54) is 0 Å². The lowest BCUT2D eigenvalue weighted by molar-refractivity contribution is 0.330. The quantitative estimate of drug-likeness (QED) is 0.420. The Kier molecular flexibility index (Phi) is 6.10. The first-order valence-electron chi connectivity index (χ1n) is 5.12. The zero-order valence-corrected chi connectivity index (χ0v) is 10.8. The van der Waals surface area contributed by atoms with Gasteiger partial charge < -0.3 is 4.62 Å². The molecule has 6 heteroatoms. The van der Waals surface area contributed by atoms with Gasteiger partial charge in [-0.3, -0.25) is 0 Å². The third-order valence-electron chi connectivity index (χ3n) is 1.59. The molecule has 0 unspecified atom stereocenters. The molecule has 4 N–H and O–H groups in total.